The number of carbonyl (C=O) groups excluding carboxylic acids is 1. The Kier molecular flexibility index (Phi) is 6.34. The molecule has 0 fully saturated rings. The van der Waals surface area contributed by atoms with Gasteiger partial charge in [0, 0.05) is 16.3 Å². The Labute approximate surface area is 188 Å². The molecule has 31 heavy (non-hydrogen) atoms. The fraction of sp³-hybridized carbons (Fsp3) is 0.0870. The summed E-state index contributed by atoms with van der Waals surface area (Å²) in [5, 5.41) is 12.4. The lowest BCUT2D eigenvalue weighted by Gasteiger charge is -2.11. The Morgan fingerprint density at radius 1 is 1.06 bits per heavy atom. The van der Waals surface area contributed by atoms with Crippen molar-refractivity contribution in [2.45, 2.75) is 12.1 Å². The van der Waals surface area contributed by atoms with Crippen molar-refractivity contribution in [3.8, 4) is 17.1 Å². The number of hydrogen-bond donors (Lipinski definition) is 1. The molecule has 0 unspecified atom stereocenters. The van der Waals surface area contributed by atoms with Gasteiger partial charge in [0.15, 0.2) is 11.0 Å². The van der Waals surface area contributed by atoms with E-state index in [-0.39, 0.29) is 17.3 Å². The highest BCUT2D eigenvalue weighted by atomic mass is 35.5. The largest absolute Gasteiger partial charge is 0.323 e. The highest BCUT2D eigenvalue weighted by molar-refractivity contribution is 7.99. The summed E-state index contributed by atoms with van der Waals surface area (Å²) < 4.78 is 15.7. The van der Waals surface area contributed by atoms with Crippen LogP contribution in [0.3, 0.4) is 0 Å². The molecule has 8 heteroatoms. The highest BCUT2D eigenvalue weighted by Gasteiger charge is 2.18. The maximum Gasteiger partial charge on any atom is 0.234 e. The standard InChI is InChI=1S/C23H18ClFN4OS/c1-15-11-12-16(13-18(15)24)22-27-28-23(29(22)17-7-3-2-4-8-17)31-14-21(30)26-20-10-6-5-9-19(20)25/h2-13H,14H2,1H3,(H,26,30). The van der Waals surface area contributed by atoms with Crippen molar-refractivity contribution >= 4 is 35.0 Å². The topological polar surface area (TPSA) is 59.8 Å². The summed E-state index contributed by atoms with van der Waals surface area (Å²) in [7, 11) is 0. The number of nitrogens with zero attached hydrogens (tertiary/aromatic N) is 3. The summed E-state index contributed by atoms with van der Waals surface area (Å²) in [4.78, 5) is 12.4. The van der Waals surface area contributed by atoms with Gasteiger partial charge < -0.3 is 5.32 Å². The molecule has 0 spiro atoms. The number of thioether (sulfide) groups is 1. The number of nitrogens with one attached hydrogen (secondary N) is 1. The Morgan fingerprint density at radius 2 is 1.81 bits per heavy atom. The third-order valence-electron chi connectivity index (χ3n) is 4.56. The Bertz CT molecular complexity index is 1230. The minimum absolute atomic E-state index is 0.0496. The molecule has 0 bridgehead atoms. The quantitative estimate of drug-likeness (QED) is 0.377. The van der Waals surface area contributed by atoms with Crippen molar-refractivity contribution in [3.05, 3.63) is 89.2 Å². The molecule has 3 aromatic carbocycles. The van der Waals surface area contributed by atoms with Crippen LogP contribution in [0.5, 0.6) is 0 Å². The van der Waals surface area contributed by atoms with Crippen LogP contribution in [0.15, 0.2) is 78.0 Å². The number of amides is 1. The van der Waals surface area contributed by atoms with Crippen molar-refractivity contribution in [2.75, 3.05) is 11.1 Å². The lowest BCUT2D eigenvalue weighted by Crippen LogP contribution is -2.15. The molecule has 1 aromatic heterocycles. The van der Waals surface area contributed by atoms with E-state index in [1.807, 2.05) is 60.0 Å². The molecule has 1 amide bonds. The average Bonchev–Trinajstić information content (AvgIpc) is 3.20. The van der Waals surface area contributed by atoms with Gasteiger partial charge in [-0.15, -0.1) is 10.2 Å². The van der Waals surface area contributed by atoms with Crippen LogP contribution in [0.4, 0.5) is 10.1 Å². The van der Waals surface area contributed by atoms with Crippen LogP contribution in [0, 0.1) is 12.7 Å². The van der Waals surface area contributed by atoms with Gasteiger partial charge in [-0.1, -0.05) is 65.8 Å². The monoisotopic (exact) mass is 452 g/mol. The number of rotatable bonds is 6. The van der Waals surface area contributed by atoms with E-state index in [0.29, 0.717) is 16.0 Å². The number of aryl methyl sites for hydroxylation is 1. The van der Waals surface area contributed by atoms with Gasteiger partial charge in [-0.05, 0) is 42.8 Å². The van der Waals surface area contributed by atoms with E-state index in [0.717, 1.165) is 16.8 Å². The summed E-state index contributed by atoms with van der Waals surface area (Å²) in [5.74, 6) is -0.150. The van der Waals surface area contributed by atoms with Gasteiger partial charge >= 0.3 is 0 Å². The van der Waals surface area contributed by atoms with Gasteiger partial charge in [0.25, 0.3) is 0 Å². The summed E-state index contributed by atoms with van der Waals surface area (Å²) in [6.45, 7) is 1.93. The number of carbonyl (C=O) groups is 1. The molecule has 0 saturated heterocycles. The van der Waals surface area contributed by atoms with Crippen LogP contribution >= 0.6 is 23.4 Å². The van der Waals surface area contributed by atoms with Crippen LogP contribution in [-0.2, 0) is 4.79 Å². The first kappa shape index (κ1) is 21.1. The van der Waals surface area contributed by atoms with Crippen LogP contribution in [-0.4, -0.2) is 26.4 Å². The van der Waals surface area contributed by atoms with Crippen LogP contribution in [0.2, 0.25) is 5.02 Å². The Morgan fingerprint density at radius 3 is 2.55 bits per heavy atom. The van der Waals surface area contributed by atoms with E-state index >= 15 is 0 Å². The number of aromatic nitrogens is 3. The van der Waals surface area contributed by atoms with Crippen molar-refractivity contribution in [1.82, 2.24) is 14.8 Å². The van der Waals surface area contributed by atoms with E-state index < -0.39 is 5.82 Å². The van der Waals surface area contributed by atoms with Crippen molar-refractivity contribution in [2.24, 2.45) is 0 Å². The second kappa shape index (κ2) is 9.32. The number of hydrogen-bond acceptors (Lipinski definition) is 4. The van der Waals surface area contributed by atoms with Crippen LogP contribution in [0.1, 0.15) is 5.56 Å². The molecule has 0 saturated carbocycles. The number of para-hydroxylation sites is 2. The van der Waals surface area contributed by atoms with Gasteiger partial charge in [-0.2, -0.15) is 0 Å². The smallest absolute Gasteiger partial charge is 0.234 e. The number of benzene rings is 3. The number of anilines is 1. The lowest BCUT2D eigenvalue weighted by atomic mass is 10.1. The van der Waals surface area contributed by atoms with Crippen molar-refractivity contribution in [1.29, 1.82) is 0 Å². The van der Waals surface area contributed by atoms with E-state index in [9.17, 15) is 9.18 Å². The van der Waals surface area contributed by atoms with Gasteiger partial charge in [0.1, 0.15) is 5.82 Å². The summed E-state index contributed by atoms with van der Waals surface area (Å²) >= 11 is 7.53. The molecule has 1 heterocycles. The fourth-order valence-corrected chi connectivity index (χ4v) is 3.90. The first-order valence-electron chi connectivity index (χ1n) is 9.47. The lowest BCUT2D eigenvalue weighted by molar-refractivity contribution is -0.113. The fourth-order valence-electron chi connectivity index (χ4n) is 2.97. The first-order chi connectivity index (χ1) is 15.0. The molecule has 0 aliphatic rings. The second-order valence-electron chi connectivity index (χ2n) is 6.76. The zero-order valence-electron chi connectivity index (χ0n) is 16.5. The SMILES string of the molecule is Cc1ccc(-c2nnc(SCC(=O)Nc3ccccc3F)n2-c2ccccc2)cc1Cl. The minimum atomic E-state index is -0.480. The Balaban J connectivity index is 1.62. The predicted molar refractivity (Wildman–Crippen MR) is 122 cm³/mol. The van der Waals surface area contributed by atoms with Gasteiger partial charge in [0.05, 0.1) is 11.4 Å². The van der Waals surface area contributed by atoms with E-state index in [1.165, 1.54) is 23.9 Å². The Hall–Kier alpha value is -3.16. The summed E-state index contributed by atoms with van der Waals surface area (Å²) in [6, 6.07) is 21.4. The molecule has 0 radical (unpaired) electrons. The van der Waals surface area contributed by atoms with Crippen molar-refractivity contribution < 1.29 is 9.18 Å². The molecule has 4 rings (SSSR count). The first-order valence-corrected chi connectivity index (χ1v) is 10.8. The van der Waals surface area contributed by atoms with Crippen molar-refractivity contribution in [3.63, 3.8) is 0 Å². The zero-order valence-corrected chi connectivity index (χ0v) is 18.1. The molecule has 0 aliphatic carbocycles. The molecular formula is C23H18ClFN4OS. The maximum absolute atomic E-state index is 13.8. The zero-order chi connectivity index (χ0) is 21.8. The number of halogens is 2. The van der Waals surface area contributed by atoms with E-state index in [1.54, 1.807) is 12.1 Å². The normalized spacial score (nSPS) is 10.8. The van der Waals surface area contributed by atoms with Gasteiger partial charge in [0.2, 0.25) is 5.91 Å². The van der Waals surface area contributed by atoms with Crippen LogP contribution < -0.4 is 5.32 Å². The summed E-state index contributed by atoms with van der Waals surface area (Å²) in [5.41, 5.74) is 2.79. The second-order valence-corrected chi connectivity index (χ2v) is 8.11. The third-order valence-corrected chi connectivity index (χ3v) is 5.89. The molecule has 5 nitrogen and oxygen atoms in total. The van der Waals surface area contributed by atoms with E-state index in [2.05, 4.69) is 15.5 Å². The van der Waals surface area contributed by atoms with Gasteiger partial charge in [-0.25, -0.2) is 4.39 Å². The molecular weight excluding hydrogens is 435 g/mol. The minimum Gasteiger partial charge on any atom is -0.323 e. The predicted octanol–water partition coefficient (Wildman–Crippen LogP) is 5.77. The molecule has 156 valence electrons. The molecule has 0 aliphatic heterocycles. The third kappa shape index (κ3) is 4.78. The highest BCUT2D eigenvalue weighted by Crippen LogP contribution is 2.30. The maximum atomic E-state index is 13.8. The summed E-state index contributed by atoms with van der Waals surface area (Å²) in [6.07, 6.45) is 0. The van der Waals surface area contributed by atoms with Gasteiger partial charge in [-0.3, -0.25) is 9.36 Å². The molecule has 4 aromatic rings. The molecule has 0 atom stereocenters. The average molecular weight is 453 g/mol. The van der Waals surface area contributed by atoms with Crippen LogP contribution in [0.25, 0.3) is 17.1 Å². The van der Waals surface area contributed by atoms with E-state index in [4.69, 9.17) is 11.6 Å². The molecule has 1 N–H and O–H groups in total.